The van der Waals surface area contributed by atoms with Gasteiger partial charge in [0, 0.05) is 32.1 Å². The number of carbonyl (C=O) groups excluding carboxylic acids is 1. The molecule has 0 aliphatic carbocycles. The predicted octanol–water partition coefficient (Wildman–Crippen LogP) is 2.55. The van der Waals surface area contributed by atoms with Gasteiger partial charge in [-0.1, -0.05) is 31.1 Å². The number of aromatic nitrogens is 2. The van der Waals surface area contributed by atoms with Gasteiger partial charge in [0.05, 0.1) is 18.8 Å². The Balaban J connectivity index is 1.45. The van der Waals surface area contributed by atoms with Crippen LogP contribution in [0.25, 0.3) is 0 Å². The van der Waals surface area contributed by atoms with Crippen molar-refractivity contribution in [2.24, 2.45) is 0 Å². The molecule has 8 nitrogen and oxygen atoms in total. The average molecular weight is 409 g/mol. The molecule has 1 fully saturated rings. The molecule has 2 aromatic rings. The van der Waals surface area contributed by atoms with Crippen LogP contribution in [0.1, 0.15) is 31.5 Å². The van der Waals surface area contributed by atoms with E-state index in [1.807, 2.05) is 18.7 Å². The topological polar surface area (TPSA) is 83.7 Å². The van der Waals surface area contributed by atoms with Crippen LogP contribution in [0.2, 0.25) is 0 Å². The van der Waals surface area contributed by atoms with E-state index in [9.17, 15) is 13.6 Å². The van der Waals surface area contributed by atoms with Crippen LogP contribution in [-0.4, -0.2) is 65.2 Å². The van der Waals surface area contributed by atoms with Gasteiger partial charge in [0.15, 0.2) is 5.82 Å². The van der Waals surface area contributed by atoms with Crippen LogP contribution in [0.15, 0.2) is 28.8 Å². The van der Waals surface area contributed by atoms with E-state index in [0.29, 0.717) is 31.3 Å². The Bertz CT molecular complexity index is 807. The molecule has 1 amide bonds. The van der Waals surface area contributed by atoms with E-state index in [4.69, 9.17) is 4.52 Å². The number of hydrogen-bond donors (Lipinski definition) is 1. The van der Waals surface area contributed by atoms with Gasteiger partial charge in [-0.25, -0.2) is 0 Å². The highest BCUT2D eigenvalue weighted by atomic mass is 19.3. The predicted molar refractivity (Wildman–Crippen MR) is 102 cm³/mol. The molecule has 0 bridgehead atoms. The summed E-state index contributed by atoms with van der Waals surface area (Å²) in [5.74, 6) is 1.18. The third kappa shape index (κ3) is 6.20. The van der Waals surface area contributed by atoms with Gasteiger partial charge in [0.2, 0.25) is 11.8 Å². The number of para-hydroxylation sites is 2. The Morgan fingerprint density at radius 1 is 1.21 bits per heavy atom. The van der Waals surface area contributed by atoms with Crippen LogP contribution in [0, 0.1) is 0 Å². The number of hydrogen-bond acceptors (Lipinski definition) is 7. The molecular weight excluding hydrogens is 384 g/mol. The van der Waals surface area contributed by atoms with E-state index < -0.39 is 6.61 Å². The van der Waals surface area contributed by atoms with Crippen LogP contribution >= 0.6 is 0 Å². The molecule has 158 valence electrons. The summed E-state index contributed by atoms with van der Waals surface area (Å²) >= 11 is 0. The van der Waals surface area contributed by atoms with Crippen molar-refractivity contribution in [2.75, 3.05) is 38.0 Å². The van der Waals surface area contributed by atoms with Gasteiger partial charge in [-0.15, -0.1) is 0 Å². The molecule has 29 heavy (non-hydrogen) atoms. The maximum absolute atomic E-state index is 12.5. The molecule has 0 atom stereocenters. The molecule has 1 aromatic carbocycles. The maximum Gasteiger partial charge on any atom is 0.387 e. The van der Waals surface area contributed by atoms with E-state index in [2.05, 4.69) is 25.1 Å². The average Bonchev–Trinajstić information content (AvgIpc) is 3.13. The van der Waals surface area contributed by atoms with Crippen molar-refractivity contribution < 1.29 is 22.8 Å². The Morgan fingerprint density at radius 3 is 2.55 bits per heavy atom. The molecule has 2 heterocycles. The Morgan fingerprint density at radius 2 is 1.90 bits per heavy atom. The summed E-state index contributed by atoms with van der Waals surface area (Å²) in [6.07, 6.45) is 0. The van der Waals surface area contributed by atoms with Crippen molar-refractivity contribution in [1.82, 2.24) is 19.9 Å². The van der Waals surface area contributed by atoms with E-state index in [1.54, 1.807) is 12.1 Å². The summed E-state index contributed by atoms with van der Waals surface area (Å²) in [6, 6.07) is 6.14. The summed E-state index contributed by atoms with van der Waals surface area (Å²) in [6.45, 7) is 4.76. The minimum atomic E-state index is -2.95. The van der Waals surface area contributed by atoms with Crippen LogP contribution in [0.5, 0.6) is 5.75 Å². The number of benzene rings is 1. The summed E-state index contributed by atoms with van der Waals surface area (Å²) in [5, 5.41) is 6.61. The SMILES string of the molecule is CC(C)c1noc(CN2CCN(CC(=O)Nc3ccccc3OC(F)F)CC2)n1. The quantitative estimate of drug-likeness (QED) is 0.717. The van der Waals surface area contributed by atoms with Crippen LogP contribution in [0.4, 0.5) is 14.5 Å². The lowest BCUT2D eigenvalue weighted by Crippen LogP contribution is -2.48. The van der Waals surface area contributed by atoms with E-state index in [1.165, 1.54) is 12.1 Å². The first-order valence-electron chi connectivity index (χ1n) is 9.51. The van der Waals surface area contributed by atoms with E-state index >= 15 is 0 Å². The molecule has 1 aliphatic rings. The van der Waals surface area contributed by atoms with Crippen molar-refractivity contribution in [3.05, 3.63) is 36.0 Å². The van der Waals surface area contributed by atoms with Gasteiger partial charge >= 0.3 is 6.61 Å². The number of nitrogens with zero attached hydrogens (tertiary/aromatic N) is 4. The highest BCUT2D eigenvalue weighted by Gasteiger charge is 2.21. The highest BCUT2D eigenvalue weighted by molar-refractivity contribution is 5.93. The van der Waals surface area contributed by atoms with Crippen LogP contribution in [-0.2, 0) is 11.3 Å². The monoisotopic (exact) mass is 409 g/mol. The molecule has 0 unspecified atom stereocenters. The zero-order valence-corrected chi connectivity index (χ0v) is 16.5. The van der Waals surface area contributed by atoms with Gasteiger partial charge in [0.25, 0.3) is 0 Å². The van der Waals surface area contributed by atoms with Gasteiger partial charge < -0.3 is 14.6 Å². The first kappa shape index (κ1) is 21.1. The highest BCUT2D eigenvalue weighted by Crippen LogP contribution is 2.25. The van der Waals surface area contributed by atoms with Crippen molar-refractivity contribution >= 4 is 11.6 Å². The second kappa shape index (κ2) is 9.75. The molecule has 3 rings (SSSR count). The number of ether oxygens (including phenoxy) is 1. The van der Waals surface area contributed by atoms with E-state index in [0.717, 1.165) is 13.1 Å². The van der Waals surface area contributed by atoms with E-state index in [-0.39, 0.29) is 29.8 Å². The summed E-state index contributed by atoms with van der Waals surface area (Å²) in [4.78, 5) is 20.9. The first-order chi connectivity index (χ1) is 13.9. The zero-order chi connectivity index (χ0) is 20.8. The number of nitrogens with one attached hydrogen (secondary N) is 1. The number of alkyl halides is 2. The lowest BCUT2D eigenvalue weighted by molar-refractivity contribution is -0.117. The fraction of sp³-hybridized carbons (Fsp3) is 0.526. The normalized spacial score (nSPS) is 15.8. The number of anilines is 1. The van der Waals surface area contributed by atoms with Gasteiger partial charge in [-0.05, 0) is 12.1 Å². The van der Waals surface area contributed by atoms with Crippen LogP contribution in [0.3, 0.4) is 0 Å². The third-order valence-corrected chi connectivity index (χ3v) is 4.57. The minimum absolute atomic E-state index is 0.0546. The van der Waals surface area contributed by atoms with Crippen molar-refractivity contribution in [3.8, 4) is 5.75 Å². The summed E-state index contributed by atoms with van der Waals surface area (Å²) < 4.78 is 34.7. The summed E-state index contributed by atoms with van der Waals surface area (Å²) in [7, 11) is 0. The largest absolute Gasteiger partial charge is 0.433 e. The lowest BCUT2D eigenvalue weighted by atomic mass is 10.2. The van der Waals surface area contributed by atoms with Gasteiger partial charge in [-0.2, -0.15) is 13.8 Å². The Labute approximate surface area is 167 Å². The second-order valence-electron chi connectivity index (χ2n) is 7.18. The molecular formula is C19H25F2N5O3. The molecule has 0 saturated carbocycles. The van der Waals surface area contributed by atoms with Crippen molar-refractivity contribution in [2.45, 2.75) is 32.9 Å². The zero-order valence-electron chi connectivity index (χ0n) is 16.5. The second-order valence-corrected chi connectivity index (χ2v) is 7.18. The number of halogens is 2. The standard InChI is InChI=1S/C19H25F2N5O3/c1-13(2)18-23-17(29-24-18)12-26-9-7-25(8-10-26)11-16(27)22-14-5-3-4-6-15(14)28-19(20)21/h3-6,13,19H,7-12H2,1-2H3,(H,22,27). The Kier molecular flexibility index (Phi) is 7.10. The molecule has 0 spiro atoms. The number of carbonyl (C=O) groups is 1. The van der Waals surface area contributed by atoms with Crippen molar-refractivity contribution in [1.29, 1.82) is 0 Å². The first-order valence-corrected chi connectivity index (χ1v) is 9.51. The van der Waals surface area contributed by atoms with Gasteiger partial charge in [-0.3, -0.25) is 14.6 Å². The van der Waals surface area contributed by atoms with Crippen molar-refractivity contribution in [3.63, 3.8) is 0 Å². The Hall–Kier alpha value is -2.59. The summed E-state index contributed by atoms with van der Waals surface area (Å²) in [5.41, 5.74) is 0.230. The molecule has 1 aromatic heterocycles. The number of piperazine rings is 1. The maximum atomic E-state index is 12.5. The fourth-order valence-corrected chi connectivity index (χ4v) is 3.03. The molecule has 1 aliphatic heterocycles. The van der Waals surface area contributed by atoms with Crippen LogP contribution < -0.4 is 10.1 Å². The molecule has 1 saturated heterocycles. The fourth-order valence-electron chi connectivity index (χ4n) is 3.03. The smallest absolute Gasteiger partial charge is 0.387 e. The minimum Gasteiger partial charge on any atom is -0.433 e. The lowest BCUT2D eigenvalue weighted by Gasteiger charge is -2.33. The number of amides is 1. The third-order valence-electron chi connectivity index (χ3n) is 4.57. The van der Waals surface area contributed by atoms with Gasteiger partial charge in [0.1, 0.15) is 5.75 Å². The molecule has 10 heteroatoms. The molecule has 0 radical (unpaired) electrons. The molecule has 1 N–H and O–H groups in total. The number of rotatable bonds is 8.